The molecule has 23 heavy (non-hydrogen) atoms. The third kappa shape index (κ3) is 3.23. The topological polar surface area (TPSA) is 76.7 Å². The number of phenolic OH excluding ortho intramolecular Hbond substituents is 1. The van der Waals surface area contributed by atoms with Crippen molar-refractivity contribution >= 4 is 16.9 Å². The van der Waals surface area contributed by atoms with E-state index in [0.717, 1.165) is 31.2 Å². The van der Waals surface area contributed by atoms with E-state index in [9.17, 15) is 14.7 Å². The number of benzene rings is 1. The fraction of sp³-hybridized carbons (Fsp3) is 0.444. The summed E-state index contributed by atoms with van der Waals surface area (Å²) in [6, 6.07) is 4.57. The van der Waals surface area contributed by atoms with Crippen LogP contribution in [0, 0.1) is 5.92 Å². The second kappa shape index (κ2) is 6.44. The summed E-state index contributed by atoms with van der Waals surface area (Å²) in [5.41, 5.74) is 1.15. The van der Waals surface area contributed by atoms with E-state index < -0.39 is 5.63 Å². The molecule has 3 rings (SSSR count). The van der Waals surface area contributed by atoms with Crippen molar-refractivity contribution in [2.45, 2.75) is 45.6 Å². The molecule has 1 heterocycles. The van der Waals surface area contributed by atoms with Crippen LogP contribution in [0.15, 0.2) is 27.4 Å². The number of ether oxygens (including phenoxy) is 1. The molecule has 1 aromatic carbocycles. The minimum Gasteiger partial charge on any atom is -0.508 e. The Morgan fingerprint density at radius 2 is 2.00 bits per heavy atom. The van der Waals surface area contributed by atoms with Gasteiger partial charge in [0.1, 0.15) is 17.9 Å². The standard InChI is InChI=1S/C18H20O5/c1-2-11-7-14-13(8-17(20)23-16(14)9-15(11)19)10-22-18(21)12-5-3-4-6-12/h7-9,12,19H,2-6,10H2,1H3. The SMILES string of the molecule is CCc1cc2c(COC(=O)C3CCCC3)cc(=O)oc2cc1O. The maximum atomic E-state index is 12.1. The molecule has 1 saturated carbocycles. The van der Waals surface area contributed by atoms with Gasteiger partial charge in [0.15, 0.2) is 0 Å². The van der Waals surface area contributed by atoms with Gasteiger partial charge < -0.3 is 14.3 Å². The predicted octanol–water partition coefficient (Wildman–Crippen LogP) is 3.29. The summed E-state index contributed by atoms with van der Waals surface area (Å²) in [5.74, 6) is -0.113. The molecular weight excluding hydrogens is 296 g/mol. The van der Waals surface area contributed by atoms with E-state index in [-0.39, 0.29) is 24.2 Å². The van der Waals surface area contributed by atoms with Crippen LogP contribution in [-0.2, 0) is 22.6 Å². The first-order valence-electron chi connectivity index (χ1n) is 8.03. The minimum absolute atomic E-state index is 0.0170. The van der Waals surface area contributed by atoms with Gasteiger partial charge in [-0.1, -0.05) is 19.8 Å². The van der Waals surface area contributed by atoms with Gasteiger partial charge in [-0.15, -0.1) is 0 Å². The summed E-state index contributed by atoms with van der Waals surface area (Å²) in [5, 5.41) is 10.6. The Hall–Kier alpha value is -2.30. The molecule has 0 saturated heterocycles. The van der Waals surface area contributed by atoms with E-state index in [1.807, 2.05) is 6.92 Å². The van der Waals surface area contributed by atoms with Gasteiger partial charge in [0.2, 0.25) is 0 Å². The number of esters is 1. The van der Waals surface area contributed by atoms with Gasteiger partial charge in [-0.3, -0.25) is 4.79 Å². The third-order valence-electron chi connectivity index (χ3n) is 4.47. The monoisotopic (exact) mass is 316 g/mol. The summed E-state index contributed by atoms with van der Waals surface area (Å²) in [6.45, 7) is 1.98. The number of aryl methyl sites for hydroxylation is 1. The molecule has 1 N–H and O–H groups in total. The van der Waals surface area contributed by atoms with E-state index in [1.54, 1.807) is 6.07 Å². The van der Waals surface area contributed by atoms with Crippen LogP contribution in [0.2, 0.25) is 0 Å². The number of hydrogen-bond donors (Lipinski definition) is 1. The van der Waals surface area contributed by atoms with Gasteiger partial charge in [-0.2, -0.15) is 0 Å². The maximum Gasteiger partial charge on any atom is 0.336 e. The molecule has 1 aromatic heterocycles. The Morgan fingerprint density at radius 1 is 1.26 bits per heavy atom. The predicted molar refractivity (Wildman–Crippen MR) is 85.3 cm³/mol. The Balaban J connectivity index is 1.89. The summed E-state index contributed by atoms with van der Waals surface area (Å²) in [6.07, 6.45) is 4.55. The van der Waals surface area contributed by atoms with Crippen LogP contribution in [0.4, 0.5) is 0 Å². The van der Waals surface area contributed by atoms with Crippen molar-refractivity contribution < 1.29 is 19.1 Å². The highest BCUT2D eigenvalue weighted by atomic mass is 16.5. The smallest absolute Gasteiger partial charge is 0.336 e. The molecule has 5 nitrogen and oxygen atoms in total. The van der Waals surface area contributed by atoms with Crippen LogP contribution in [-0.4, -0.2) is 11.1 Å². The molecule has 122 valence electrons. The summed E-state index contributed by atoms with van der Waals surface area (Å²) >= 11 is 0. The summed E-state index contributed by atoms with van der Waals surface area (Å²) in [4.78, 5) is 23.7. The first kappa shape index (κ1) is 15.6. The first-order chi connectivity index (χ1) is 11.1. The average Bonchev–Trinajstić information content (AvgIpc) is 3.06. The zero-order chi connectivity index (χ0) is 16.4. The van der Waals surface area contributed by atoms with E-state index in [1.165, 1.54) is 12.1 Å². The van der Waals surface area contributed by atoms with Crippen molar-refractivity contribution in [1.82, 2.24) is 0 Å². The first-order valence-corrected chi connectivity index (χ1v) is 8.03. The van der Waals surface area contributed by atoms with Gasteiger partial charge in [-0.25, -0.2) is 4.79 Å². The van der Waals surface area contributed by atoms with Crippen LogP contribution in [0.5, 0.6) is 5.75 Å². The molecule has 0 atom stereocenters. The summed E-state index contributed by atoms with van der Waals surface area (Å²) in [7, 11) is 0. The van der Waals surface area contributed by atoms with E-state index in [0.29, 0.717) is 23.0 Å². The second-order valence-corrected chi connectivity index (χ2v) is 6.01. The summed E-state index contributed by atoms with van der Waals surface area (Å²) < 4.78 is 10.5. The lowest BCUT2D eigenvalue weighted by molar-refractivity contribution is -0.149. The van der Waals surface area contributed by atoms with Crippen molar-refractivity contribution in [3.8, 4) is 5.75 Å². The lowest BCUT2D eigenvalue weighted by Gasteiger charge is -2.11. The fourth-order valence-corrected chi connectivity index (χ4v) is 3.14. The van der Waals surface area contributed by atoms with Gasteiger partial charge in [-0.05, 0) is 30.9 Å². The Morgan fingerprint density at radius 3 is 2.70 bits per heavy atom. The molecule has 0 aliphatic heterocycles. The van der Waals surface area contributed by atoms with Crippen molar-refractivity contribution in [3.63, 3.8) is 0 Å². The average molecular weight is 316 g/mol. The van der Waals surface area contributed by atoms with Crippen LogP contribution in [0.1, 0.15) is 43.7 Å². The van der Waals surface area contributed by atoms with E-state index in [2.05, 4.69) is 0 Å². The third-order valence-corrected chi connectivity index (χ3v) is 4.47. The normalized spacial score (nSPS) is 15.2. The molecule has 0 amide bonds. The lowest BCUT2D eigenvalue weighted by Crippen LogP contribution is -2.15. The Bertz CT molecular complexity index is 784. The zero-order valence-electron chi connectivity index (χ0n) is 13.1. The molecule has 5 heteroatoms. The van der Waals surface area contributed by atoms with Crippen LogP contribution in [0.25, 0.3) is 11.0 Å². The molecular formula is C18H20O5. The van der Waals surface area contributed by atoms with Gasteiger partial charge in [0.05, 0.1) is 5.92 Å². The number of hydrogen-bond acceptors (Lipinski definition) is 5. The largest absolute Gasteiger partial charge is 0.508 e. The van der Waals surface area contributed by atoms with Crippen molar-refractivity contribution in [3.05, 3.63) is 39.7 Å². The maximum absolute atomic E-state index is 12.1. The van der Waals surface area contributed by atoms with Gasteiger partial charge >= 0.3 is 11.6 Å². The molecule has 1 aliphatic rings. The minimum atomic E-state index is -0.520. The molecule has 0 unspecified atom stereocenters. The van der Waals surface area contributed by atoms with Crippen LogP contribution < -0.4 is 5.63 Å². The van der Waals surface area contributed by atoms with Gasteiger partial charge in [0.25, 0.3) is 0 Å². The van der Waals surface area contributed by atoms with Crippen molar-refractivity contribution in [2.75, 3.05) is 0 Å². The number of carbonyl (C=O) groups is 1. The lowest BCUT2D eigenvalue weighted by atomic mass is 10.0. The number of carbonyl (C=O) groups excluding carboxylic acids is 1. The zero-order valence-corrected chi connectivity index (χ0v) is 13.1. The number of aromatic hydroxyl groups is 1. The molecule has 1 fully saturated rings. The highest BCUT2D eigenvalue weighted by Gasteiger charge is 2.24. The highest BCUT2D eigenvalue weighted by Crippen LogP contribution is 2.29. The Kier molecular flexibility index (Phi) is 4.37. The molecule has 0 spiro atoms. The molecule has 2 aromatic rings. The van der Waals surface area contributed by atoms with E-state index >= 15 is 0 Å². The van der Waals surface area contributed by atoms with Crippen LogP contribution in [0.3, 0.4) is 0 Å². The second-order valence-electron chi connectivity index (χ2n) is 6.01. The molecule has 0 radical (unpaired) electrons. The Labute approximate surface area is 133 Å². The van der Waals surface area contributed by atoms with E-state index in [4.69, 9.17) is 9.15 Å². The van der Waals surface area contributed by atoms with Crippen LogP contribution >= 0.6 is 0 Å². The molecule has 0 bridgehead atoms. The van der Waals surface area contributed by atoms with Crippen molar-refractivity contribution in [2.24, 2.45) is 5.92 Å². The number of phenols is 1. The quantitative estimate of drug-likeness (QED) is 0.692. The fourth-order valence-electron chi connectivity index (χ4n) is 3.14. The number of fused-ring (bicyclic) bond motifs is 1. The number of rotatable bonds is 4. The van der Waals surface area contributed by atoms with Gasteiger partial charge in [0, 0.05) is 23.1 Å². The molecule has 1 aliphatic carbocycles. The highest BCUT2D eigenvalue weighted by molar-refractivity contribution is 5.83. The van der Waals surface area contributed by atoms with Crippen molar-refractivity contribution in [1.29, 1.82) is 0 Å².